The van der Waals surface area contributed by atoms with Crippen molar-refractivity contribution >= 4 is 34.9 Å². The van der Waals surface area contributed by atoms with Crippen LogP contribution in [0.25, 0.3) is 17.1 Å². The molecular weight excluding hydrogens is 392 g/mol. The highest BCUT2D eigenvalue weighted by molar-refractivity contribution is 6.00. The summed E-state index contributed by atoms with van der Waals surface area (Å²) in [5.41, 5.74) is 2.30. The molecule has 2 aromatic carbocycles. The number of nitrogens with one attached hydrogen (secondary N) is 2. The van der Waals surface area contributed by atoms with E-state index in [4.69, 9.17) is 4.74 Å². The lowest BCUT2D eigenvalue weighted by Gasteiger charge is -2.25. The number of ether oxygens (including phenoxy) is 1. The Labute approximate surface area is 182 Å². The molecular formula is C24H28N4O3. The number of anilines is 1. The van der Waals surface area contributed by atoms with Crippen molar-refractivity contribution in [3.8, 4) is 5.75 Å². The highest BCUT2D eigenvalue weighted by Gasteiger charge is 2.24. The molecule has 0 radical (unpaired) electrons. The van der Waals surface area contributed by atoms with Gasteiger partial charge in [0.15, 0.2) is 0 Å². The van der Waals surface area contributed by atoms with Crippen LogP contribution in [0.2, 0.25) is 0 Å². The largest absolute Gasteiger partial charge is 0.497 e. The van der Waals surface area contributed by atoms with Crippen molar-refractivity contribution in [2.45, 2.75) is 39.3 Å². The molecule has 2 amide bonds. The van der Waals surface area contributed by atoms with E-state index in [1.54, 1.807) is 20.1 Å². The fourth-order valence-electron chi connectivity index (χ4n) is 3.22. The van der Waals surface area contributed by atoms with Crippen LogP contribution in [0.15, 0.2) is 54.6 Å². The predicted octanol–water partition coefficient (Wildman–Crippen LogP) is 3.96. The molecule has 1 unspecified atom stereocenters. The quantitative estimate of drug-likeness (QED) is 0.591. The molecule has 3 aromatic rings. The van der Waals surface area contributed by atoms with Crippen LogP contribution in [-0.4, -0.2) is 34.5 Å². The van der Waals surface area contributed by atoms with Crippen LogP contribution in [0.1, 0.15) is 33.3 Å². The van der Waals surface area contributed by atoms with Gasteiger partial charge in [-0.05, 0) is 63.6 Å². The summed E-state index contributed by atoms with van der Waals surface area (Å²) in [4.78, 5) is 29.5. The molecule has 7 heteroatoms. The number of para-hydroxylation sites is 2. The summed E-state index contributed by atoms with van der Waals surface area (Å²) in [5, 5.41) is 5.54. The average Bonchev–Trinajstić information content (AvgIpc) is 3.10. The van der Waals surface area contributed by atoms with Crippen LogP contribution in [0.3, 0.4) is 0 Å². The molecule has 0 aliphatic carbocycles. The van der Waals surface area contributed by atoms with Gasteiger partial charge in [0.25, 0.3) is 0 Å². The standard InChI is InChI=1S/C24H28N4O3/c1-16(25-21(29)15-12-17-10-13-18(31-5)14-11-17)22(30)27-23-26-19-8-6-7-9-20(19)28(23)24(2,3)4/h6-16H,1-5H3,(H,25,29)(H,26,27,30)/b15-12+. The molecule has 0 bridgehead atoms. The highest BCUT2D eigenvalue weighted by atomic mass is 16.5. The summed E-state index contributed by atoms with van der Waals surface area (Å²) in [7, 11) is 1.60. The number of carbonyl (C=O) groups excluding carboxylic acids is 2. The van der Waals surface area contributed by atoms with E-state index in [1.165, 1.54) is 6.08 Å². The summed E-state index contributed by atoms with van der Waals surface area (Å²) in [6, 6.07) is 14.3. The van der Waals surface area contributed by atoms with Crippen molar-refractivity contribution in [2.75, 3.05) is 12.4 Å². The van der Waals surface area contributed by atoms with Gasteiger partial charge in [0.1, 0.15) is 11.8 Å². The molecule has 3 rings (SSSR count). The topological polar surface area (TPSA) is 85.2 Å². The number of nitrogens with zero attached hydrogens (tertiary/aromatic N) is 2. The van der Waals surface area contributed by atoms with Gasteiger partial charge < -0.3 is 14.6 Å². The summed E-state index contributed by atoms with van der Waals surface area (Å²) in [6.07, 6.45) is 3.08. The van der Waals surface area contributed by atoms with Gasteiger partial charge in [-0.1, -0.05) is 24.3 Å². The Balaban J connectivity index is 1.68. The molecule has 0 saturated carbocycles. The third-order valence-corrected chi connectivity index (χ3v) is 4.76. The molecule has 2 N–H and O–H groups in total. The third-order valence-electron chi connectivity index (χ3n) is 4.76. The minimum absolute atomic E-state index is 0.285. The number of rotatable bonds is 6. The Hall–Kier alpha value is -3.61. The van der Waals surface area contributed by atoms with E-state index in [-0.39, 0.29) is 17.4 Å². The first-order chi connectivity index (χ1) is 14.7. The zero-order chi connectivity index (χ0) is 22.6. The molecule has 0 fully saturated rings. The Morgan fingerprint density at radius 2 is 1.77 bits per heavy atom. The minimum atomic E-state index is -0.735. The van der Waals surface area contributed by atoms with Gasteiger partial charge in [-0.25, -0.2) is 4.98 Å². The molecule has 162 valence electrons. The van der Waals surface area contributed by atoms with Crippen molar-refractivity contribution in [1.29, 1.82) is 0 Å². The summed E-state index contributed by atoms with van der Waals surface area (Å²) in [5.74, 6) is 0.497. The Kier molecular flexibility index (Phi) is 6.44. The fraction of sp³-hybridized carbons (Fsp3) is 0.292. The van der Waals surface area contributed by atoms with Crippen molar-refractivity contribution in [3.05, 3.63) is 60.2 Å². The minimum Gasteiger partial charge on any atom is -0.497 e. The van der Waals surface area contributed by atoms with Gasteiger partial charge in [0.2, 0.25) is 17.8 Å². The molecule has 1 heterocycles. The molecule has 0 aliphatic rings. The number of hydrogen-bond donors (Lipinski definition) is 2. The van der Waals surface area contributed by atoms with Crippen molar-refractivity contribution in [1.82, 2.24) is 14.9 Å². The maximum absolute atomic E-state index is 12.7. The fourth-order valence-corrected chi connectivity index (χ4v) is 3.22. The van der Waals surface area contributed by atoms with E-state index in [0.29, 0.717) is 5.95 Å². The maximum Gasteiger partial charge on any atom is 0.248 e. The molecule has 7 nitrogen and oxygen atoms in total. The van der Waals surface area contributed by atoms with Crippen molar-refractivity contribution < 1.29 is 14.3 Å². The molecule has 0 spiro atoms. The number of amides is 2. The van der Waals surface area contributed by atoms with Gasteiger partial charge >= 0.3 is 0 Å². The summed E-state index contributed by atoms with van der Waals surface area (Å²) in [6.45, 7) is 7.78. The van der Waals surface area contributed by atoms with Crippen LogP contribution in [0, 0.1) is 0 Å². The Morgan fingerprint density at radius 1 is 1.10 bits per heavy atom. The van der Waals surface area contributed by atoms with E-state index >= 15 is 0 Å². The third kappa shape index (κ3) is 5.31. The van der Waals surface area contributed by atoms with Crippen molar-refractivity contribution in [3.63, 3.8) is 0 Å². The lowest BCUT2D eigenvalue weighted by Crippen LogP contribution is -2.41. The molecule has 0 aliphatic heterocycles. The number of carbonyl (C=O) groups is 2. The van der Waals surface area contributed by atoms with Gasteiger partial charge in [-0.15, -0.1) is 0 Å². The van der Waals surface area contributed by atoms with Crippen LogP contribution >= 0.6 is 0 Å². The molecule has 1 aromatic heterocycles. The second kappa shape index (κ2) is 9.04. The van der Waals surface area contributed by atoms with Gasteiger partial charge in [0.05, 0.1) is 18.1 Å². The first-order valence-corrected chi connectivity index (χ1v) is 10.1. The average molecular weight is 421 g/mol. The smallest absolute Gasteiger partial charge is 0.248 e. The lowest BCUT2D eigenvalue weighted by atomic mass is 10.1. The van der Waals surface area contributed by atoms with Crippen molar-refractivity contribution in [2.24, 2.45) is 0 Å². The predicted molar refractivity (Wildman–Crippen MR) is 123 cm³/mol. The maximum atomic E-state index is 12.7. The summed E-state index contributed by atoms with van der Waals surface area (Å²) >= 11 is 0. The Bertz CT molecular complexity index is 1110. The Morgan fingerprint density at radius 3 is 2.42 bits per heavy atom. The number of benzene rings is 2. The van der Waals surface area contributed by atoms with Crippen LogP contribution < -0.4 is 15.4 Å². The normalized spacial score (nSPS) is 12.7. The van der Waals surface area contributed by atoms with E-state index < -0.39 is 6.04 Å². The lowest BCUT2D eigenvalue weighted by molar-refractivity contribution is -0.123. The highest BCUT2D eigenvalue weighted by Crippen LogP contribution is 2.27. The molecule has 31 heavy (non-hydrogen) atoms. The van der Waals surface area contributed by atoms with Crippen LogP contribution in [-0.2, 0) is 15.1 Å². The zero-order valence-corrected chi connectivity index (χ0v) is 18.5. The molecule has 1 atom stereocenters. The van der Waals surface area contributed by atoms with E-state index in [0.717, 1.165) is 22.3 Å². The second-order valence-electron chi connectivity index (χ2n) is 8.26. The molecule has 0 saturated heterocycles. The van der Waals surface area contributed by atoms with E-state index in [9.17, 15) is 9.59 Å². The number of fused-ring (bicyclic) bond motifs is 1. The van der Waals surface area contributed by atoms with Gasteiger partial charge in [-0.3, -0.25) is 14.9 Å². The second-order valence-corrected chi connectivity index (χ2v) is 8.26. The van der Waals surface area contributed by atoms with Crippen LogP contribution in [0.5, 0.6) is 5.75 Å². The number of aromatic nitrogens is 2. The summed E-state index contributed by atoms with van der Waals surface area (Å²) < 4.78 is 7.10. The van der Waals surface area contributed by atoms with Gasteiger partial charge in [-0.2, -0.15) is 0 Å². The first-order valence-electron chi connectivity index (χ1n) is 10.1. The zero-order valence-electron chi connectivity index (χ0n) is 18.5. The van der Waals surface area contributed by atoms with Crippen LogP contribution in [0.4, 0.5) is 5.95 Å². The monoisotopic (exact) mass is 420 g/mol. The van der Waals surface area contributed by atoms with E-state index in [1.807, 2.05) is 73.9 Å². The first kappa shape index (κ1) is 22.1. The van der Waals surface area contributed by atoms with E-state index in [2.05, 4.69) is 15.6 Å². The SMILES string of the molecule is COc1ccc(/C=C/C(=O)NC(C)C(=O)Nc2nc3ccccc3n2C(C)(C)C)cc1. The number of hydrogen-bond acceptors (Lipinski definition) is 4. The number of methoxy groups -OCH3 is 1. The number of imidazole rings is 1. The van der Waals surface area contributed by atoms with Gasteiger partial charge in [0, 0.05) is 11.6 Å².